The number of aromatic nitrogens is 1. The van der Waals surface area contributed by atoms with E-state index < -0.39 is 0 Å². The highest BCUT2D eigenvalue weighted by molar-refractivity contribution is 5.91. The summed E-state index contributed by atoms with van der Waals surface area (Å²) in [6, 6.07) is 18.3. The van der Waals surface area contributed by atoms with Crippen molar-refractivity contribution in [3.8, 4) is 0 Å². The minimum Gasteiger partial charge on any atom is -0.459 e. The molecule has 3 aromatic rings. The van der Waals surface area contributed by atoms with E-state index in [9.17, 15) is 4.79 Å². The van der Waals surface area contributed by atoms with Crippen LogP contribution < -0.4 is 4.57 Å². The van der Waals surface area contributed by atoms with Crippen molar-refractivity contribution in [2.45, 2.75) is 46.3 Å². The van der Waals surface area contributed by atoms with Crippen LogP contribution in [0.1, 0.15) is 55.2 Å². The number of hydrogen-bond donors (Lipinski definition) is 0. The Morgan fingerprint density at radius 2 is 1.62 bits per heavy atom. The van der Waals surface area contributed by atoms with Crippen molar-refractivity contribution < 1.29 is 14.1 Å². The first-order chi connectivity index (χ1) is 12.5. The van der Waals surface area contributed by atoms with Gasteiger partial charge >= 0.3 is 5.97 Å². The predicted octanol–water partition coefficient (Wildman–Crippen LogP) is 4.86. The smallest absolute Gasteiger partial charge is 0.338 e. The van der Waals surface area contributed by atoms with Gasteiger partial charge in [0.15, 0.2) is 18.4 Å². The zero-order valence-electron chi connectivity index (χ0n) is 15.9. The highest BCUT2D eigenvalue weighted by atomic mass is 16.5. The van der Waals surface area contributed by atoms with Crippen LogP contribution in [0.5, 0.6) is 0 Å². The topological polar surface area (TPSA) is 30.2 Å². The molecule has 0 amide bonds. The molecule has 0 saturated heterocycles. The molecule has 3 nitrogen and oxygen atoms in total. The number of rotatable bonds is 5. The lowest BCUT2D eigenvalue weighted by molar-refractivity contribution is -0.695. The van der Waals surface area contributed by atoms with Gasteiger partial charge in [-0.15, -0.1) is 0 Å². The van der Waals surface area contributed by atoms with E-state index in [2.05, 4.69) is 54.9 Å². The summed E-state index contributed by atoms with van der Waals surface area (Å²) in [7, 11) is 0. The summed E-state index contributed by atoms with van der Waals surface area (Å²) in [4.78, 5) is 12.5. The second-order valence-corrected chi connectivity index (χ2v) is 7.22. The molecule has 0 radical (unpaired) electrons. The van der Waals surface area contributed by atoms with Crippen LogP contribution in [0.2, 0.25) is 0 Å². The third-order valence-corrected chi connectivity index (χ3v) is 4.44. The fraction of sp³-hybridized carbons (Fsp3) is 0.304. The third-order valence-electron chi connectivity index (χ3n) is 4.44. The molecule has 0 fully saturated rings. The van der Waals surface area contributed by atoms with E-state index in [-0.39, 0.29) is 12.1 Å². The first kappa shape index (κ1) is 18.1. The maximum absolute atomic E-state index is 12.5. The van der Waals surface area contributed by atoms with E-state index in [0.717, 1.165) is 5.56 Å². The normalized spacial score (nSPS) is 11.3. The van der Waals surface area contributed by atoms with Crippen LogP contribution >= 0.6 is 0 Å². The van der Waals surface area contributed by atoms with Crippen LogP contribution in [0, 0.1) is 0 Å². The number of hydrogen-bond acceptors (Lipinski definition) is 2. The highest BCUT2D eigenvalue weighted by Crippen LogP contribution is 2.19. The summed E-state index contributed by atoms with van der Waals surface area (Å²) in [5.41, 5.74) is 2.85. The molecule has 0 aliphatic rings. The molecule has 0 N–H and O–H groups in total. The minimum atomic E-state index is -0.261. The van der Waals surface area contributed by atoms with Gasteiger partial charge in [0.1, 0.15) is 0 Å². The van der Waals surface area contributed by atoms with Gasteiger partial charge in [0, 0.05) is 22.9 Å². The standard InChI is InChI=1S/C23H26NO2/c1-16(2)22-13-18-9-5-6-10-19(18)14-24(22)15-20-11-7-8-12-21(20)23(25)26-17(3)4/h5-14,16-17H,15H2,1-4H3/q+1. The Balaban J connectivity index is 2.04. The molecule has 2 aromatic carbocycles. The molecule has 1 heterocycles. The molecule has 0 aliphatic carbocycles. The van der Waals surface area contributed by atoms with Gasteiger partial charge in [-0.3, -0.25) is 0 Å². The Morgan fingerprint density at radius 1 is 0.962 bits per heavy atom. The number of carbonyl (C=O) groups is 1. The molecule has 3 heteroatoms. The largest absolute Gasteiger partial charge is 0.459 e. The second-order valence-electron chi connectivity index (χ2n) is 7.22. The van der Waals surface area contributed by atoms with Crippen molar-refractivity contribution in [1.29, 1.82) is 0 Å². The molecule has 0 atom stereocenters. The molecular formula is C23H26NO2+. The van der Waals surface area contributed by atoms with Crippen molar-refractivity contribution >= 4 is 16.7 Å². The van der Waals surface area contributed by atoms with Gasteiger partial charge in [0.2, 0.25) is 0 Å². The average molecular weight is 348 g/mol. The zero-order chi connectivity index (χ0) is 18.7. The van der Waals surface area contributed by atoms with Crippen LogP contribution in [0.25, 0.3) is 10.8 Å². The van der Waals surface area contributed by atoms with Gasteiger partial charge in [-0.2, -0.15) is 4.57 Å². The van der Waals surface area contributed by atoms with E-state index in [0.29, 0.717) is 18.0 Å². The maximum Gasteiger partial charge on any atom is 0.338 e. The van der Waals surface area contributed by atoms with Gasteiger partial charge in [-0.1, -0.05) is 50.2 Å². The van der Waals surface area contributed by atoms with Crippen LogP contribution in [-0.2, 0) is 11.3 Å². The lowest BCUT2D eigenvalue weighted by Gasteiger charge is -2.12. The van der Waals surface area contributed by atoms with Gasteiger partial charge in [0.05, 0.1) is 11.7 Å². The Kier molecular flexibility index (Phi) is 5.36. The number of fused-ring (bicyclic) bond motifs is 1. The molecule has 3 rings (SSSR count). The number of benzene rings is 2. The Labute approximate surface area is 155 Å². The minimum absolute atomic E-state index is 0.130. The summed E-state index contributed by atoms with van der Waals surface area (Å²) in [6.07, 6.45) is 2.05. The molecule has 1 aromatic heterocycles. The fourth-order valence-electron chi connectivity index (χ4n) is 3.20. The van der Waals surface area contributed by atoms with Gasteiger partial charge in [-0.25, -0.2) is 4.79 Å². The van der Waals surface area contributed by atoms with E-state index in [1.807, 2.05) is 38.1 Å². The number of esters is 1. The van der Waals surface area contributed by atoms with Gasteiger partial charge in [0.25, 0.3) is 0 Å². The summed E-state index contributed by atoms with van der Waals surface area (Å²) < 4.78 is 7.66. The SMILES string of the molecule is CC(C)OC(=O)c1ccccc1C[n+]1cc2ccccc2cc1C(C)C. The van der Waals surface area contributed by atoms with Crippen LogP contribution in [0.15, 0.2) is 60.8 Å². The van der Waals surface area contributed by atoms with E-state index in [1.54, 1.807) is 0 Å². The number of nitrogens with zero attached hydrogens (tertiary/aromatic N) is 1. The first-order valence-electron chi connectivity index (χ1n) is 9.16. The van der Waals surface area contributed by atoms with Crippen molar-refractivity contribution in [2.24, 2.45) is 0 Å². The zero-order valence-corrected chi connectivity index (χ0v) is 15.9. The highest BCUT2D eigenvalue weighted by Gasteiger charge is 2.20. The lowest BCUT2D eigenvalue weighted by Crippen LogP contribution is -2.40. The van der Waals surface area contributed by atoms with Gasteiger partial charge < -0.3 is 4.74 Å². The molecule has 26 heavy (non-hydrogen) atoms. The van der Waals surface area contributed by atoms with Crippen LogP contribution in [0.3, 0.4) is 0 Å². The molecule has 134 valence electrons. The van der Waals surface area contributed by atoms with Crippen molar-refractivity contribution in [3.05, 3.63) is 77.6 Å². The Morgan fingerprint density at radius 3 is 2.31 bits per heavy atom. The maximum atomic E-state index is 12.5. The molecule has 0 saturated carbocycles. The third kappa shape index (κ3) is 3.93. The number of ether oxygens (including phenoxy) is 1. The summed E-state index contributed by atoms with van der Waals surface area (Å²) in [5.74, 6) is 0.123. The van der Waals surface area contributed by atoms with Crippen LogP contribution in [-0.4, -0.2) is 12.1 Å². The van der Waals surface area contributed by atoms with Crippen molar-refractivity contribution in [2.75, 3.05) is 0 Å². The van der Waals surface area contributed by atoms with E-state index in [4.69, 9.17) is 4.74 Å². The quantitative estimate of drug-likeness (QED) is 0.487. The summed E-state index contributed by atoms with van der Waals surface area (Å²) >= 11 is 0. The summed E-state index contributed by atoms with van der Waals surface area (Å²) in [5, 5.41) is 2.43. The lowest BCUT2D eigenvalue weighted by atomic mass is 10.0. The van der Waals surface area contributed by atoms with E-state index in [1.165, 1.54) is 16.5 Å². The number of carbonyl (C=O) groups excluding carboxylic acids is 1. The van der Waals surface area contributed by atoms with Crippen LogP contribution in [0.4, 0.5) is 0 Å². The molecule has 0 spiro atoms. The molecule has 0 unspecified atom stereocenters. The van der Waals surface area contributed by atoms with Crippen molar-refractivity contribution in [1.82, 2.24) is 0 Å². The first-order valence-corrected chi connectivity index (χ1v) is 9.16. The van der Waals surface area contributed by atoms with E-state index >= 15 is 0 Å². The average Bonchev–Trinajstić information content (AvgIpc) is 2.60. The second kappa shape index (κ2) is 7.69. The molecule has 0 aliphatic heterocycles. The Hall–Kier alpha value is -2.68. The monoisotopic (exact) mass is 348 g/mol. The fourth-order valence-corrected chi connectivity index (χ4v) is 3.20. The predicted molar refractivity (Wildman–Crippen MR) is 104 cm³/mol. The van der Waals surface area contributed by atoms with Crippen molar-refractivity contribution in [3.63, 3.8) is 0 Å². The van der Waals surface area contributed by atoms with Gasteiger partial charge in [-0.05, 0) is 31.4 Å². The number of pyridine rings is 1. The Bertz CT molecular complexity index is 928. The molecular weight excluding hydrogens is 322 g/mol. The molecule has 0 bridgehead atoms. The summed E-state index contributed by atoms with van der Waals surface area (Å²) in [6.45, 7) is 8.77.